The van der Waals surface area contributed by atoms with Crippen LogP contribution in [-0.4, -0.2) is 16.3 Å². The number of thiocarbonyl (C=S) groups is 1. The molecule has 0 amide bonds. The molecule has 0 aliphatic heterocycles. The fourth-order valence-electron chi connectivity index (χ4n) is 0.236. The number of rotatable bonds is 2. The van der Waals surface area contributed by atoms with Crippen LogP contribution in [0.15, 0.2) is 0 Å². The average molecular weight is 209 g/mol. The molecule has 7 heteroatoms. The summed E-state index contributed by atoms with van der Waals surface area (Å²) < 4.78 is 0.0479. The van der Waals surface area contributed by atoms with E-state index < -0.39 is 12.0 Å². The molecule has 11 heavy (non-hydrogen) atoms. The van der Waals surface area contributed by atoms with Crippen molar-refractivity contribution in [2.75, 3.05) is 0 Å². The van der Waals surface area contributed by atoms with Gasteiger partial charge in [0.25, 0.3) is 0 Å². The van der Waals surface area contributed by atoms with Gasteiger partial charge in [-0.1, -0.05) is 4.32 Å². The van der Waals surface area contributed by atoms with Crippen LogP contribution in [0, 0.1) is 0 Å². The maximum atomic E-state index is 9.96. The van der Waals surface area contributed by atoms with Gasteiger partial charge in [0.05, 0.1) is 12.0 Å². The second-order valence-corrected chi connectivity index (χ2v) is 2.55. The Kier molecular flexibility index (Phi) is 16.2. The number of hydrogen-bond acceptors (Lipinski definition) is 4. The van der Waals surface area contributed by atoms with Crippen LogP contribution in [0.4, 0.5) is 0 Å². The van der Waals surface area contributed by atoms with Crippen LogP contribution >= 0.6 is 12.2 Å². The molecular formula is C4H5NNa2O2S2. The van der Waals surface area contributed by atoms with Crippen LogP contribution in [0.5, 0.6) is 0 Å². The summed E-state index contributed by atoms with van der Waals surface area (Å²) >= 11 is 8.81. The summed E-state index contributed by atoms with van der Waals surface area (Å²) in [5, 5.41) is 12.3. The third kappa shape index (κ3) is 11.6. The number of aliphatic carboxylic acids is 1. The van der Waals surface area contributed by atoms with Crippen LogP contribution in [0.1, 0.15) is 6.92 Å². The Bertz CT molecular complexity index is 144. The number of carboxylic acids is 1. The Labute approximate surface area is 121 Å². The van der Waals surface area contributed by atoms with Crippen molar-refractivity contribution in [2.45, 2.75) is 13.0 Å². The molecular weight excluding hydrogens is 204 g/mol. The maximum absolute atomic E-state index is 9.96. The summed E-state index contributed by atoms with van der Waals surface area (Å²) in [6.07, 6.45) is 0. The molecule has 0 saturated heterocycles. The summed E-state index contributed by atoms with van der Waals surface area (Å²) in [5.41, 5.74) is 0. The smallest absolute Gasteiger partial charge is 0.548 e. The summed E-state index contributed by atoms with van der Waals surface area (Å²) in [6.45, 7) is 1.41. The standard InChI is InChI=1S/C4H7NO2S2.2Na/c1-2(3(6)7)5-4(8)9;;/h2H,1H3,(H,6,7)(H2,5,8,9);;/q;2*+1/p-2/t2-;;/m0../s1. The van der Waals surface area contributed by atoms with Crippen LogP contribution in [0.3, 0.4) is 0 Å². The van der Waals surface area contributed by atoms with Crippen molar-refractivity contribution >= 4 is 35.1 Å². The first-order chi connectivity index (χ1) is 4.04. The van der Waals surface area contributed by atoms with E-state index in [1.807, 2.05) is 0 Å². The monoisotopic (exact) mass is 209 g/mol. The predicted octanol–water partition coefficient (Wildman–Crippen LogP) is -7.45. The quantitative estimate of drug-likeness (QED) is 0.278. The van der Waals surface area contributed by atoms with Gasteiger partial charge in [0.2, 0.25) is 0 Å². The van der Waals surface area contributed by atoms with E-state index in [0.717, 1.165) is 0 Å². The van der Waals surface area contributed by atoms with Crippen LogP contribution in [-0.2, 0) is 17.4 Å². The van der Waals surface area contributed by atoms with Gasteiger partial charge in [-0.05, 0) is 6.92 Å². The minimum atomic E-state index is -1.21. The molecule has 0 heterocycles. The Hall–Kier alpha value is 1.58. The molecule has 0 unspecified atom stereocenters. The molecule has 1 atom stereocenters. The second-order valence-electron chi connectivity index (χ2n) is 1.47. The van der Waals surface area contributed by atoms with Crippen molar-refractivity contribution in [1.82, 2.24) is 5.32 Å². The van der Waals surface area contributed by atoms with E-state index >= 15 is 0 Å². The molecule has 0 rings (SSSR count). The second kappa shape index (κ2) is 9.67. The van der Waals surface area contributed by atoms with Crippen molar-refractivity contribution in [3.8, 4) is 0 Å². The molecule has 0 aliphatic carbocycles. The molecule has 0 saturated carbocycles. The fraction of sp³-hybridized carbons (Fsp3) is 0.500. The van der Waals surface area contributed by atoms with E-state index in [2.05, 4.69) is 30.2 Å². The van der Waals surface area contributed by atoms with E-state index in [1.165, 1.54) is 6.92 Å². The zero-order valence-electron chi connectivity index (χ0n) is 6.71. The van der Waals surface area contributed by atoms with E-state index in [-0.39, 0.29) is 63.4 Å². The van der Waals surface area contributed by atoms with Crippen molar-refractivity contribution in [2.24, 2.45) is 0 Å². The largest absolute Gasteiger partial charge is 1.00 e. The van der Waals surface area contributed by atoms with E-state index in [9.17, 15) is 9.90 Å². The first kappa shape index (κ1) is 18.4. The summed E-state index contributed by atoms with van der Waals surface area (Å²) in [7, 11) is 0. The van der Waals surface area contributed by atoms with E-state index in [1.54, 1.807) is 0 Å². The zero-order chi connectivity index (χ0) is 7.44. The van der Waals surface area contributed by atoms with Gasteiger partial charge < -0.3 is 40.1 Å². The third-order valence-electron chi connectivity index (χ3n) is 0.688. The maximum Gasteiger partial charge on any atom is 1.00 e. The van der Waals surface area contributed by atoms with E-state index in [0.29, 0.717) is 0 Å². The molecule has 0 bridgehead atoms. The summed E-state index contributed by atoms with van der Waals surface area (Å²) in [6, 6.07) is -0.796. The van der Waals surface area contributed by atoms with Crippen molar-refractivity contribution in [3.05, 3.63) is 0 Å². The van der Waals surface area contributed by atoms with Crippen LogP contribution in [0.2, 0.25) is 0 Å². The van der Waals surface area contributed by atoms with Gasteiger partial charge in [0.1, 0.15) is 0 Å². The van der Waals surface area contributed by atoms with Gasteiger partial charge in [0, 0.05) is 0 Å². The first-order valence-corrected chi connectivity index (χ1v) is 3.04. The normalized spacial score (nSPS) is 9.91. The molecule has 1 N–H and O–H groups in total. The molecule has 0 fully saturated rings. The minimum Gasteiger partial charge on any atom is -0.548 e. The van der Waals surface area contributed by atoms with Crippen molar-refractivity contribution in [1.29, 1.82) is 0 Å². The summed E-state index contributed by atoms with van der Waals surface area (Å²) in [5.74, 6) is -1.21. The van der Waals surface area contributed by atoms with Gasteiger partial charge >= 0.3 is 59.1 Å². The van der Waals surface area contributed by atoms with Crippen LogP contribution < -0.4 is 69.5 Å². The molecule has 0 aliphatic rings. The van der Waals surface area contributed by atoms with Gasteiger partial charge in [-0.2, -0.15) is 0 Å². The zero-order valence-corrected chi connectivity index (χ0v) is 12.3. The Morgan fingerprint density at radius 2 is 2.00 bits per heavy atom. The topological polar surface area (TPSA) is 52.2 Å². The van der Waals surface area contributed by atoms with Gasteiger partial charge in [-0.3, -0.25) is 0 Å². The number of carboxylic acid groups (broad SMARTS) is 1. The van der Waals surface area contributed by atoms with Crippen LogP contribution in [0.25, 0.3) is 0 Å². The molecule has 0 aromatic carbocycles. The number of nitrogens with one attached hydrogen (secondary N) is 1. The molecule has 0 radical (unpaired) electrons. The fourth-order valence-corrected chi connectivity index (χ4v) is 0.589. The Balaban J connectivity index is -0.000000320. The van der Waals surface area contributed by atoms with Crippen molar-refractivity contribution < 1.29 is 69.0 Å². The molecule has 0 spiro atoms. The predicted molar refractivity (Wildman–Crippen MR) is 37.6 cm³/mol. The minimum absolute atomic E-state index is 0. The molecule has 3 nitrogen and oxygen atoms in total. The Morgan fingerprint density at radius 1 is 1.64 bits per heavy atom. The molecule has 52 valence electrons. The Morgan fingerprint density at radius 3 is 2.09 bits per heavy atom. The summed E-state index contributed by atoms with van der Waals surface area (Å²) in [4.78, 5) is 9.96. The SMILES string of the molecule is C[C@H](NC(=S)[S-])C(=O)[O-].[Na+].[Na+]. The van der Waals surface area contributed by atoms with E-state index in [4.69, 9.17) is 0 Å². The van der Waals surface area contributed by atoms with Gasteiger partial charge in [0.15, 0.2) is 0 Å². The van der Waals surface area contributed by atoms with Gasteiger partial charge in [-0.25, -0.2) is 0 Å². The molecule has 0 aromatic rings. The average Bonchev–Trinajstić information content (AvgIpc) is 1.63. The number of carbonyl (C=O) groups is 1. The molecule has 0 aromatic heterocycles. The van der Waals surface area contributed by atoms with Gasteiger partial charge in [-0.15, -0.1) is 0 Å². The third-order valence-corrected chi connectivity index (χ3v) is 0.924. The van der Waals surface area contributed by atoms with Crippen molar-refractivity contribution in [3.63, 3.8) is 0 Å². The number of hydrogen-bond donors (Lipinski definition) is 1. The first-order valence-electron chi connectivity index (χ1n) is 2.22. The number of carbonyl (C=O) groups excluding carboxylic acids is 1.